The Morgan fingerprint density at radius 2 is 1.74 bits per heavy atom. The van der Waals surface area contributed by atoms with E-state index in [4.69, 9.17) is 4.74 Å². The van der Waals surface area contributed by atoms with Crippen LogP contribution in [0.2, 0.25) is 0 Å². The quantitative estimate of drug-likeness (QED) is 0.509. The number of piperazine rings is 1. The number of nitrogens with one attached hydrogen (secondary N) is 2. The molecule has 0 bridgehead atoms. The fourth-order valence-corrected chi connectivity index (χ4v) is 4.21. The van der Waals surface area contributed by atoms with E-state index in [0.29, 0.717) is 43.3 Å². The maximum Gasteiger partial charge on any atom is 0.313 e. The number of hydrogen-bond acceptors (Lipinski definition) is 6. The highest BCUT2D eigenvalue weighted by molar-refractivity contribution is 6.39. The van der Waals surface area contributed by atoms with E-state index in [-0.39, 0.29) is 18.4 Å². The number of halogens is 1. The van der Waals surface area contributed by atoms with E-state index in [1.165, 1.54) is 13.2 Å². The first kappa shape index (κ1) is 24.2. The molecule has 3 aromatic rings. The van der Waals surface area contributed by atoms with Crippen molar-refractivity contribution >= 4 is 23.2 Å². The molecule has 1 aromatic heterocycles. The lowest BCUT2D eigenvalue weighted by molar-refractivity contribution is -0.136. The molecule has 1 fully saturated rings. The highest BCUT2D eigenvalue weighted by Crippen LogP contribution is 2.25. The van der Waals surface area contributed by atoms with E-state index in [1.54, 1.807) is 48.8 Å². The van der Waals surface area contributed by atoms with Crippen molar-refractivity contribution in [3.8, 4) is 5.75 Å². The number of para-hydroxylation sites is 3. The van der Waals surface area contributed by atoms with Gasteiger partial charge in [0.1, 0.15) is 11.6 Å². The Bertz CT molecular complexity index is 1150. The molecule has 182 valence electrons. The van der Waals surface area contributed by atoms with Gasteiger partial charge in [-0.2, -0.15) is 0 Å². The summed E-state index contributed by atoms with van der Waals surface area (Å²) in [6.07, 6.45) is 3.45. The van der Waals surface area contributed by atoms with Crippen molar-refractivity contribution in [1.29, 1.82) is 0 Å². The van der Waals surface area contributed by atoms with Crippen LogP contribution in [0.5, 0.6) is 5.75 Å². The Hall–Kier alpha value is -3.98. The third kappa shape index (κ3) is 5.93. The van der Waals surface area contributed by atoms with Gasteiger partial charge in [-0.05, 0) is 35.9 Å². The Morgan fingerprint density at radius 3 is 2.46 bits per heavy atom. The summed E-state index contributed by atoms with van der Waals surface area (Å²) in [6, 6.07) is 17.2. The molecule has 2 N–H and O–H groups in total. The summed E-state index contributed by atoms with van der Waals surface area (Å²) >= 11 is 0. The molecule has 0 unspecified atom stereocenters. The molecule has 8 nitrogen and oxygen atoms in total. The van der Waals surface area contributed by atoms with Crippen molar-refractivity contribution in [1.82, 2.24) is 15.2 Å². The van der Waals surface area contributed by atoms with Crippen LogP contribution < -0.4 is 20.3 Å². The zero-order valence-corrected chi connectivity index (χ0v) is 19.5. The number of amides is 2. The molecular weight excluding hydrogens is 449 g/mol. The van der Waals surface area contributed by atoms with Gasteiger partial charge in [0, 0.05) is 45.1 Å². The number of ether oxygens (including phenoxy) is 1. The summed E-state index contributed by atoms with van der Waals surface area (Å²) in [7, 11) is 1.50. The van der Waals surface area contributed by atoms with E-state index >= 15 is 0 Å². The van der Waals surface area contributed by atoms with Gasteiger partial charge in [0.05, 0.1) is 24.5 Å². The van der Waals surface area contributed by atoms with Crippen molar-refractivity contribution in [3.63, 3.8) is 0 Å². The summed E-state index contributed by atoms with van der Waals surface area (Å²) in [4.78, 5) is 33.5. The minimum Gasteiger partial charge on any atom is -0.495 e. The third-order valence-corrected chi connectivity index (χ3v) is 6.03. The molecule has 2 heterocycles. The second kappa shape index (κ2) is 11.4. The highest BCUT2D eigenvalue weighted by Gasteiger charge is 2.27. The third-order valence-electron chi connectivity index (χ3n) is 6.03. The first-order valence-corrected chi connectivity index (χ1v) is 11.4. The number of carbonyl (C=O) groups is 2. The summed E-state index contributed by atoms with van der Waals surface area (Å²) in [5, 5.41) is 5.34. The smallest absolute Gasteiger partial charge is 0.313 e. The monoisotopic (exact) mass is 477 g/mol. The molecule has 2 amide bonds. The fraction of sp³-hybridized carbons (Fsp3) is 0.269. The first-order valence-electron chi connectivity index (χ1n) is 11.4. The molecule has 1 saturated heterocycles. The van der Waals surface area contributed by atoms with Crippen LogP contribution in [0.3, 0.4) is 0 Å². The summed E-state index contributed by atoms with van der Waals surface area (Å²) in [5.74, 6) is -1.29. The number of rotatable bonds is 7. The topological polar surface area (TPSA) is 86.8 Å². The fourth-order valence-electron chi connectivity index (χ4n) is 4.21. The molecule has 4 rings (SSSR count). The van der Waals surface area contributed by atoms with Crippen LogP contribution in [0.25, 0.3) is 0 Å². The second-order valence-electron chi connectivity index (χ2n) is 8.14. The van der Waals surface area contributed by atoms with Gasteiger partial charge in [-0.1, -0.05) is 30.3 Å². The number of aromatic nitrogens is 1. The van der Waals surface area contributed by atoms with Crippen LogP contribution >= 0.6 is 0 Å². The van der Waals surface area contributed by atoms with Gasteiger partial charge in [0.2, 0.25) is 0 Å². The zero-order chi connectivity index (χ0) is 24.6. The van der Waals surface area contributed by atoms with E-state index in [2.05, 4.69) is 20.5 Å². The molecule has 35 heavy (non-hydrogen) atoms. The average Bonchev–Trinajstić information content (AvgIpc) is 2.90. The van der Waals surface area contributed by atoms with Crippen LogP contribution in [-0.4, -0.2) is 61.5 Å². The van der Waals surface area contributed by atoms with Gasteiger partial charge in [-0.3, -0.25) is 19.5 Å². The van der Waals surface area contributed by atoms with Gasteiger partial charge < -0.3 is 20.3 Å². The Kier molecular flexibility index (Phi) is 7.89. The molecule has 0 saturated carbocycles. The average molecular weight is 478 g/mol. The maximum absolute atomic E-state index is 14.2. The first-order chi connectivity index (χ1) is 17.1. The largest absolute Gasteiger partial charge is 0.495 e. The Morgan fingerprint density at radius 1 is 1.00 bits per heavy atom. The van der Waals surface area contributed by atoms with Crippen molar-refractivity contribution in [2.75, 3.05) is 50.1 Å². The lowest BCUT2D eigenvalue weighted by Gasteiger charge is -2.40. The van der Waals surface area contributed by atoms with E-state index < -0.39 is 11.8 Å². The SMILES string of the molecule is COc1ccccc1NC(=O)C(=O)NC[C@@H](c1cccnc1)N1CCN(c2ccccc2F)CC1. The lowest BCUT2D eigenvalue weighted by Crippen LogP contribution is -2.50. The molecular formula is C26H28FN5O3. The number of methoxy groups -OCH3 is 1. The number of pyridine rings is 1. The summed E-state index contributed by atoms with van der Waals surface area (Å²) in [5.41, 5.74) is 1.94. The van der Waals surface area contributed by atoms with Crippen LogP contribution in [0, 0.1) is 5.82 Å². The molecule has 1 atom stereocenters. The summed E-state index contributed by atoms with van der Waals surface area (Å²) in [6.45, 7) is 2.83. The van der Waals surface area contributed by atoms with Crippen LogP contribution in [0.4, 0.5) is 15.8 Å². The minimum atomic E-state index is -0.774. The number of carbonyl (C=O) groups excluding carboxylic acids is 2. The standard InChI is InChI=1S/C26H28FN5O3/c1-35-24-11-5-3-9-21(24)30-26(34)25(33)29-18-23(19-7-6-12-28-17-19)32-15-13-31(14-16-32)22-10-4-2-8-20(22)27/h2-12,17,23H,13-16,18H2,1H3,(H,29,33)(H,30,34)/t23-/m0/s1. The summed E-state index contributed by atoms with van der Waals surface area (Å²) < 4.78 is 19.4. The van der Waals surface area contributed by atoms with Crippen LogP contribution in [-0.2, 0) is 9.59 Å². The second-order valence-corrected chi connectivity index (χ2v) is 8.14. The number of nitrogens with zero attached hydrogens (tertiary/aromatic N) is 3. The Labute approximate surface area is 203 Å². The highest BCUT2D eigenvalue weighted by atomic mass is 19.1. The van der Waals surface area contributed by atoms with Crippen LogP contribution in [0.15, 0.2) is 73.1 Å². The minimum absolute atomic E-state index is 0.186. The molecule has 1 aliphatic rings. The van der Waals surface area contributed by atoms with Gasteiger partial charge in [0.25, 0.3) is 0 Å². The van der Waals surface area contributed by atoms with Crippen molar-refractivity contribution < 1.29 is 18.7 Å². The van der Waals surface area contributed by atoms with Crippen molar-refractivity contribution in [2.24, 2.45) is 0 Å². The molecule has 2 aromatic carbocycles. The predicted octanol–water partition coefficient (Wildman–Crippen LogP) is 2.85. The zero-order valence-electron chi connectivity index (χ0n) is 19.5. The molecule has 0 aliphatic carbocycles. The maximum atomic E-state index is 14.2. The Balaban J connectivity index is 1.40. The molecule has 0 spiro atoms. The predicted molar refractivity (Wildman–Crippen MR) is 132 cm³/mol. The van der Waals surface area contributed by atoms with Crippen LogP contribution in [0.1, 0.15) is 11.6 Å². The van der Waals surface area contributed by atoms with Crippen molar-refractivity contribution in [2.45, 2.75) is 6.04 Å². The number of hydrogen-bond donors (Lipinski definition) is 2. The van der Waals surface area contributed by atoms with Gasteiger partial charge in [0.15, 0.2) is 0 Å². The van der Waals surface area contributed by atoms with Crippen molar-refractivity contribution in [3.05, 3.63) is 84.4 Å². The molecule has 0 radical (unpaired) electrons. The van der Waals surface area contributed by atoms with E-state index in [1.807, 2.05) is 23.1 Å². The number of anilines is 2. The van der Waals surface area contributed by atoms with Gasteiger partial charge >= 0.3 is 11.8 Å². The lowest BCUT2D eigenvalue weighted by atomic mass is 10.1. The molecule has 9 heteroatoms. The normalized spacial score (nSPS) is 14.7. The van der Waals surface area contributed by atoms with Gasteiger partial charge in [-0.25, -0.2) is 4.39 Å². The number of benzene rings is 2. The van der Waals surface area contributed by atoms with Gasteiger partial charge in [-0.15, -0.1) is 0 Å². The van der Waals surface area contributed by atoms with E-state index in [0.717, 1.165) is 5.56 Å². The molecule has 1 aliphatic heterocycles. The van der Waals surface area contributed by atoms with E-state index in [9.17, 15) is 14.0 Å².